The van der Waals surface area contributed by atoms with Crippen LogP contribution in [0.15, 0.2) is 78.4 Å². The Morgan fingerprint density at radius 3 is 2.03 bits per heavy atom. The van der Waals surface area contributed by atoms with Crippen molar-refractivity contribution in [2.24, 2.45) is 0 Å². The van der Waals surface area contributed by atoms with Crippen molar-refractivity contribution in [1.29, 1.82) is 0 Å². The molecule has 1 unspecified atom stereocenters. The number of methoxy groups -OCH3 is 3. The first kappa shape index (κ1) is 23.8. The molecule has 8 nitrogen and oxygen atoms in total. The van der Waals surface area contributed by atoms with Gasteiger partial charge in [-0.2, -0.15) is 0 Å². The minimum absolute atomic E-state index is 0.0429. The highest BCUT2D eigenvalue weighted by molar-refractivity contribution is 6.20. The van der Waals surface area contributed by atoms with Gasteiger partial charge in [0.25, 0.3) is 5.79 Å². The van der Waals surface area contributed by atoms with Gasteiger partial charge < -0.3 is 28.8 Å². The molecule has 0 bridgehead atoms. The molecular weight excluding hydrogens is 452 g/mol. The molecule has 0 amide bonds. The van der Waals surface area contributed by atoms with E-state index in [2.05, 4.69) is 0 Å². The number of hydrogen-bond donors (Lipinski definition) is 1. The van der Waals surface area contributed by atoms with E-state index in [1.807, 2.05) is 0 Å². The Morgan fingerprint density at radius 1 is 0.857 bits per heavy atom. The maximum atomic E-state index is 13.1. The van der Waals surface area contributed by atoms with E-state index in [9.17, 15) is 14.7 Å². The highest BCUT2D eigenvalue weighted by Gasteiger charge is 2.49. The van der Waals surface area contributed by atoms with Crippen molar-refractivity contribution in [2.45, 2.75) is 5.79 Å². The van der Waals surface area contributed by atoms with Gasteiger partial charge in [0.05, 0.1) is 38.0 Å². The summed E-state index contributed by atoms with van der Waals surface area (Å²) < 4.78 is 26.9. The van der Waals surface area contributed by atoms with Gasteiger partial charge in [0.15, 0.2) is 0 Å². The Hall–Kier alpha value is -4.30. The summed E-state index contributed by atoms with van der Waals surface area (Å²) in [6, 6.07) is 19.7. The zero-order chi connectivity index (χ0) is 25.0. The molecule has 0 aromatic heterocycles. The lowest BCUT2D eigenvalue weighted by atomic mass is 9.92. The molecule has 180 valence electrons. The van der Waals surface area contributed by atoms with Crippen molar-refractivity contribution in [3.63, 3.8) is 0 Å². The molecule has 3 aromatic carbocycles. The maximum Gasteiger partial charge on any atom is 0.342 e. The van der Waals surface area contributed by atoms with Crippen LogP contribution >= 0.6 is 0 Å². The van der Waals surface area contributed by atoms with Crippen LogP contribution in [-0.4, -0.2) is 45.0 Å². The number of aliphatic hydroxyl groups is 1. The lowest BCUT2D eigenvalue weighted by Gasteiger charge is -2.25. The van der Waals surface area contributed by atoms with Gasteiger partial charge in [0.2, 0.25) is 0 Å². The predicted molar refractivity (Wildman–Crippen MR) is 126 cm³/mol. The van der Waals surface area contributed by atoms with Gasteiger partial charge in [0.1, 0.15) is 23.9 Å². The molecule has 0 saturated carbocycles. The van der Waals surface area contributed by atoms with E-state index in [-0.39, 0.29) is 16.7 Å². The topological polar surface area (TPSA) is 101 Å². The van der Waals surface area contributed by atoms with Crippen LogP contribution < -0.4 is 14.2 Å². The van der Waals surface area contributed by atoms with Gasteiger partial charge in [-0.1, -0.05) is 18.2 Å². The van der Waals surface area contributed by atoms with Gasteiger partial charge in [0, 0.05) is 11.6 Å². The third-order valence-electron chi connectivity index (χ3n) is 5.63. The fourth-order valence-corrected chi connectivity index (χ4v) is 3.80. The van der Waals surface area contributed by atoms with E-state index in [0.29, 0.717) is 28.4 Å². The van der Waals surface area contributed by atoms with E-state index >= 15 is 0 Å². The lowest BCUT2D eigenvalue weighted by molar-refractivity contribution is -0.186. The minimum Gasteiger partial charge on any atom is -0.497 e. The molecule has 0 radical (unpaired) electrons. The molecule has 3 aromatic rings. The standard InChI is InChI=1S/C27H24O8/c1-31-20-11-9-19(10-12-20)27(30)23(16-34-25(28)17-7-5-4-6-8-17)24(26(29)35-27)18-13-21(32-2)15-22(14-18)33-3/h4-15,30H,16H2,1-3H3. The Bertz CT molecular complexity index is 1240. The summed E-state index contributed by atoms with van der Waals surface area (Å²) in [5.74, 6) is -2.16. The van der Waals surface area contributed by atoms with Crippen molar-refractivity contribution in [3.8, 4) is 17.2 Å². The molecular formula is C27H24O8. The number of esters is 2. The average Bonchev–Trinajstić information content (AvgIpc) is 3.17. The largest absolute Gasteiger partial charge is 0.497 e. The van der Waals surface area contributed by atoms with Crippen LogP contribution in [0.25, 0.3) is 5.57 Å². The van der Waals surface area contributed by atoms with Crippen molar-refractivity contribution in [2.75, 3.05) is 27.9 Å². The molecule has 35 heavy (non-hydrogen) atoms. The summed E-state index contributed by atoms with van der Waals surface area (Å²) >= 11 is 0. The third kappa shape index (κ3) is 4.69. The number of rotatable bonds is 8. The SMILES string of the molecule is COc1ccc(C2(O)OC(=O)C(c3cc(OC)cc(OC)c3)=C2COC(=O)c2ccccc2)cc1. The van der Waals surface area contributed by atoms with Crippen LogP contribution in [0.2, 0.25) is 0 Å². The Morgan fingerprint density at radius 2 is 1.46 bits per heavy atom. The summed E-state index contributed by atoms with van der Waals surface area (Å²) in [4.78, 5) is 25.8. The minimum atomic E-state index is -2.17. The Kier molecular flexibility index (Phi) is 6.75. The number of cyclic esters (lactones) is 1. The fraction of sp³-hybridized carbons (Fsp3) is 0.185. The molecule has 1 aliphatic heterocycles. The maximum absolute atomic E-state index is 13.1. The Labute approximate surface area is 202 Å². The molecule has 8 heteroatoms. The highest BCUT2D eigenvalue weighted by Crippen LogP contribution is 2.44. The van der Waals surface area contributed by atoms with Gasteiger partial charge in [-0.3, -0.25) is 0 Å². The smallest absolute Gasteiger partial charge is 0.342 e. The summed E-state index contributed by atoms with van der Waals surface area (Å²) in [6.07, 6.45) is 0. The van der Waals surface area contributed by atoms with E-state index < -0.39 is 24.3 Å². The molecule has 0 spiro atoms. The van der Waals surface area contributed by atoms with Crippen LogP contribution in [0.1, 0.15) is 21.5 Å². The number of hydrogen-bond acceptors (Lipinski definition) is 8. The van der Waals surface area contributed by atoms with Crippen LogP contribution in [0.5, 0.6) is 17.2 Å². The fourth-order valence-electron chi connectivity index (χ4n) is 3.80. The monoisotopic (exact) mass is 476 g/mol. The normalized spacial score (nSPS) is 17.1. The van der Waals surface area contributed by atoms with E-state index in [1.165, 1.54) is 21.3 Å². The molecule has 0 aliphatic carbocycles. The molecule has 0 fully saturated rings. The van der Waals surface area contributed by atoms with Crippen molar-refractivity contribution in [1.82, 2.24) is 0 Å². The van der Waals surface area contributed by atoms with Crippen molar-refractivity contribution < 1.29 is 38.4 Å². The van der Waals surface area contributed by atoms with Crippen molar-refractivity contribution in [3.05, 3.63) is 95.1 Å². The van der Waals surface area contributed by atoms with Gasteiger partial charge in [-0.25, -0.2) is 9.59 Å². The van der Waals surface area contributed by atoms with Gasteiger partial charge in [-0.05, 0) is 54.1 Å². The van der Waals surface area contributed by atoms with Crippen LogP contribution in [-0.2, 0) is 20.1 Å². The van der Waals surface area contributed by atoms with E-state index in [1.54, 1.807) is 72.8 Å². The van der Waals surface area contributed by atoms with Crippen LogP contribution in [0.4, 0.5) is 0 Å². The predicted octanol–water partition coefficient (Wildman–Crippen LogP) is 3.73. The second-order valence-electron chi connectivity index (χ2n) is 7.66. The summed E-state index contributed by atoms with van der Waals surface area (Å²) in [5.41, 5.74) is 1.08. The van der Waals surface area contributed by atoms with E-state index in [4.69, 9.17) is 23.7 Å². The van der Waals surface area contributed by atoms with E-state index in [0.717, 1.165) is 0 Å². The van der Waals surface area contributed by atoms with Crippen LogP contribution in [0, 0.1) is 0 Å². The molecule has 1 aliphatic rings. The number of carbonyl (C=O) groups is 2. The summed E-state index contributed by atoms with van der Waals surface area (Å²) in [5, 5.41) is 11.6. The number of carbonyl (C=O) groups excluding carboxylic acids is 2. The van der Waals surface area contributed by atoms with Crippen molar-refractivity contribution >= 4 is 17.5 Å². The molecule has 1 heterocycles. The number of ether oxygens (including phenoxy) is 5. The summed E-state index contributed by atoms with van der Waals surface area (Å²) in [7, 11) is 4.48. The number of benzene rings is 3. The molecule has 1 atom stereocenters. The first-order chi connectivity index (χ1) is 16.9. The third-order valence-corrected chi connectivity index (χ3v) is 5.63. The highest BCUT2D eigenvalue weighted by atomic mass is 16.7. The van der Waals surface area contributed by atoms with Crippen LogP contribution in [0.3, 0.4) is 0 Å². The quantitative estimate of drug-likeness (QED) is 0.491. The average molecular weight is 476 g/mol. The van der Waals surface area contributed by atoms with Gasteiger partial charge in [-0.15, -0.1) is 0 Å². The van der Waals surface area contributed by atoms with Gasteiger partial charge >= 0.3 is 11.9 Å². The molecule has 4 rings (SSSR count). The lowest BCUT2D eigenvalue weighted by Crippen LogP contribution is -2.31. The molecule has 0 saturated heterocycles. The second kappa shape index (κ2) is 9.90. The first-order valence-electron chi connectivity index (χ1n) is 10.7. The summed E-state index contributed by atoms with van der Waals surface area (Å²) in [6.45, 7) is -0.406. The second-order valence-corrected chi connectivity index (χ2v) is 7.66. The first-order valence-corrected chi connectivity index (χ1v) is 10.7. The zero-order valence-corrected chi connectivity index (χ0v) is 19.4. The molecule has 1 N–H and O–H groups in total. The zero-order valence-electron chi connectivity index (χ0n) is 19.4. The Balaban J connectivity index is 1.82.